The summed E-state index contributed by atoms with van der Waals surface area (Å²) < 4.78 is 22.6. The van der Waals surface area contributed by atoms with Gasteiger partial charge in [0, 0.05) is 34.2 Å². The Labute approximate surface area is 131 Å². The Bertz CT molecular complexity index is 622. The van der Waals surface area contributed by atoms with E-state index in [9.17, 15) is 13.2 Å². The SMILES string of the molecule is Cc1ccc(C=CC(=O)N(CCS(C)(=O)=O)C(C)(C)C)s1. The molecule has 1 aromatic rings. The lowest BCUT2D eigenvalue weighted by atomic mass is 10.1. The van der Waals surface area contributed by atoms with Gasteiger partial charge in [-0.2, -0.15) is 0 Å². The summed E-state index contributed by atoms with van der Waals surface area (Å²) in [7, 11) is -3.09. The standard InChI is InChI=1S/C15H23NO3S2/c1-12-6-7-13(20-12)8-9-14(17)16(15(2,3)4)10-11-21(5,18)19/h6-9H,10-11H2,1-5H3. The highest BCUT2D eigenvalue weighted by atomic mass is 32.2. The van der Waals surface area contributed by atoms with Gasteiger partial charge in [-0.05, 0) is 45.9 Å². The predicted octanol–water partition coefficient (Wildman–Crippen LogP) is 2.74. The second-order valence-electron chi connectivity index (χ2n) is 6.07. The molecule has 0 aliphatic heterocycles. The third kappa shape index (κ3) is 6.44. The van der Waals surface area contributed by atoms with Crippen LogP contribution < -0.4 is 0 Å². The molecule has 0 aliphatic carbocycles. The fraction of sp³-hybridized carbons (Fsp3) is 0.533. The van der Waals surface area contributed by atoms with Crippen molar-refractivity contribution in [3.05, 3.63) is 28.0 Å². The average molecular weight is 329 g/mol. The number of hydrogen-bond acceptors (Lipinski definition) is 4. The van der Waals surface area contributed by atoms with Crippen LogP contribution in [0.1, 0.15) is 30.5 Å². The van der Waals surface area contributed by atoms with Crippen molar-refractivity contribution >= 4 is 33.2 Å². The van der Waals surface area contributed by atoms with Crippen LogP contribution in [0.15, 0.2) is 18.2 Å². The van der Waals surface area contributed by atoms with Crippen LogP contribution in [0.2, 0.25) is 0 Å². The van der Waals surface area contributed by atoms with Crippen LogP contribution in [0.25, 0.3) is 6.08 Å². The lowest BCUT2D eigenvalue weighted by Crippen LogP contribution is -2.47. The molecule has 1 heterocycles. The summed E-state index contributed by atoms with van der Waals surface area (Å²) in [6, 6.07) is 3.96. The van der Waals surface area contributed by atoms with E-state index in [0.29, 0.717) is 0 Å². The van der Waals surface area contributed by atoms with Crippen molar-refractivity contribution in [2.75, 3.05) is 18.6 Å². The molecule has 0 unspecified atom stereocenters. The molecule has 0 aromatic carbocycles. The molecular formula is C15H23NO3S2. The first-order chi connectivity index (χ1) is 9.49. The Balaban J connectivity index is 2.83. The summed E-state index contributed by atoms with van der Waals surface area (Å²) in [6.07, 6.45) is 4.47. The number of carbonyl (C=O) groups is 1. The Morgan fingerprint density at radius 2 is 1.95 bits per heavy atom. The van der Waals surface area contributed by atoms with E-state index in [-0.39, 0.29) is 18.2 Å². The minimum Gasteiger partial charge on any atom is -0.333 e. The topological polar surface area (TPSA) is 54.5 Å². The van der Waals surface area contributed by atoms with Crippen LogP contribution in [-0.2, 0) is 14.6 Å². The van der Waals surface area contributed by atoms with Crippen molar-refractivity contribution in [3.63, 3.8) is 0 Å². The molecular weight excluding hydrogens is 306 g/mol. The molecule has 0 bridgehead atoms. The first-order valence-electron chi connectivity index (χ1n) is 6.73. The van der Waals surface area contributed by atoms with Gasteiger partial charge in [-0.1, -0.05) is 0 Å². The van der Waals surface area contributed by atoms with Crippen LogP contribution in [0.3, 0.4) is 0 Å². The molecule has 0 saturated heterocycles. The van der Waals surface area contributed by atoms with Crippen molar-refractivity contribution in [1.29, 1.82) is 0 Å². The molecule has 0 fully saturated rings. The zero-order chi connectivity index (χ0) is 16.3. The molecule has 1 rings (SSSR count). The highest BCUT2D eigenvalue weighted by molar-refractivity contribution is 7.90. The summed E-state index contributed by atoms with van der Waals surface area (Å²) in [5.41, 5.74) is -0.419. The Morgan fingerprint density at radius 1 is 1.33 bits per heavy atom. The normalized spacial score (nSPS) is 12.8. The summed E-state index contributed by atoms with van der Waals surface area (Å²) in [4.78, 5) is 16.1. The van der Waals surface area contributed by atoms with E-state index >= 15 is 0 Å². The third-order valence-corrected chi connectivity index (χ3v) is 4.80. The second-order valence-corrected chi connectivity index (χ2v) is 9.65. The number of amides is 1. The Kier molecular flexibility index (Phi) is 5.75. The molecule has 0 saturated carbocycles. The molecule has 0 radical (unpaired) electrons. The van der Waals surface area contributed by atoms with Gasteiger partial charge in [0.15, 0.2) is 0 Å². The quantitative estimate of drug-likeness (QED) is 0.781. The molecule has 21 heavy (non-hydrogen) atoms. The van der Waals surface area contributed by atoms with Gasteiger partial charge in [-0.3, -0.25) is 4.79 Å². The molecule has 0 atom stereocenters. The first kappa shape index (κ1) is 17.9. The maximum absolute atomic E-state index is 12.3. The predicted molar refractivity (Wildman–Crippen MR) is 89.3 cm³/mol. The summed E-state index contributed by atoms with van der Waals surface area (Å²) in [5.74, 6) is -0.195. The number of hydrogen-bond donors (Lipinski definition) is 0. The van der Waals surface area contributed by atoms with Gasteiger partial charge in [0.25, 0.3) is 0 Å². The molecule has 4 nitrogen and oxygen atoms in total. The number of thiophene rings is 1. The second kappa shape index (κ2) is 6.75. The molecule has 6 heteroatoms. The summed E-state index contributed by atoms with van der Waals surface area (Å²) in [5, 5.41) is 0. The van der Waals surface area contributed by atoms with E-state index in [4.69, 9.17) is 0 Å². The van der Waals surface area contributed by atoms with Crippen molar-refractivity contribution in [2.24, 2.45) is 0 Å². The van der Waals surface area contributed by atoms with Crippen molar-refractivity contribution in [1.82, 2.24) is 4.90 Å². The molecule has 0 N–H and O–H groups in total. The summed E-state index contributed by atoms with van der Waals surface area (Å²) >= 11 is 1.61. The van der Waals surface area contributed by atoms with Gasteiger partial charge < -0.3 is 4.90 Å². The van der Waals surface area contributed by atoms with Crippen molar-refractivity contribution < 1.29 is 13.2 Å². The van der Waals surface area contributed by atoms with E-state index < -0.39 is 15.4 Å². The van der Waals surface area contributed by atoms with Crippen LogP contribution in [-0.4, -0.2) is 43.3 Å². The maximum atomic E-state index is 12.3. The van der Waals surface area contributed by atoms with Crippen LogP contribution >= 0.6 is 11.3 Å². The number of sulfone groups is 1. The number of rotatable bonds is 5. The fourth-order valence-electron chi connectivity index (χ4n) is 1.82. The van der Waals surface area contributed by atoms with E-state index in [1.54, 1.807) is 22.3 Å². The van der Waals surface area contributed by atoms with Gasteiger partial charge in [0.1, 0.15) is 9.84 Å². The lowest BCUT2D eigenvalue weighted by molar-refractivity contribution is -0.130. The van der Waals surface area contributed by atoms with Gasteiger partial charge in [0.2, 0.25) is 5.91 Å². The van der Waals surface area contributed by atoms with Gasteiger partial charge >= 0.3 is 0 Å². The zero-order valence-electron chi connectivity index (χ0n) is 13.2. The van der Waals surface area contributed by atoms with E-state index in [1.807, 2.05) is 39.8 Å². The average Bonchev–Trinajstić information content (AvgIpc) is 2.69. The Morgan fingerprint density at radius 3 is 2.38 bits per heavy atom. The minimum absolute atomic E-state index is 0.0258. The van der Waals surface area contributed by atoms with Crippen molar-refractivity contribution in [2.45, 2.75) is 33.2 Å². The highest BCUT2D eigenvalue weighted by Gasteiger charge is 2.25. The van der Waals surface area contributed by atoms with Crippen LogP contribution in [0.4, 0.5) is 0 Å². The third-order valence-electron chi connectivity index (χ3n) is 2.91. The van der Waals surface area contributed by atoms with Gasteiger partial charge in [-0.25, -0.2) is 8.42 Å². The van der Waals surface area contributed by atoms with Crippen LogP contribution in [0, 0.1) is 6.92 Å². The first-order valence-corrected chi connectivity index (χ1v) is 9.60. The van der Waals surface area contributed by atoms with Crippen LogP contribution in [0.5, 0.6) is 0 Å². The lowest BCUT2D eigenvalue weighted by Gasteiger charge is -2.34. The number of aryl methyl sites for hydroxylation is 1. The number of nitrogens with zero attached hydrogens (tertiary/aromatic N) is 1. The molecule has 1 aromatic heterocycles. The smallest absolute Gasteiger partial charge is 0.247 e. The van der Waals surface area contributed by atoms with E-state index in [2.05, 4.69) is 0 Å². The number of carbonyl (C=O) groups excluding carboxylic acids is 1. The van der Waals surface area contributed by atoms with E-state index in [1.165, 1.54) is 17.2 Å². The molecule has 0 spiro atoms. The molecule has 0 aliphatic rings. The van der Waals surface area contributed by atoms with E-state index in [0.717, 1.165) is 4.88 Å². The zero-order valence-corrected chi connectivity index (χ0v) is 14.8. The molecule has 1 amide bonds. The molecule has 118 valence electrons. The minimum atomic E-state index is -3.09. The maximum Gasteiger partial charge on any atom is 0.247 e. The Hall–Kier alpha value is -1.14. The monoisotopic (exact) mass is 329 g/mol. The van der Waals surface area contributed by atoms with Gasteiger partial charge in [0.05, 0.1) is 5.75 Å². The fourth-order valence-corrected chi connectivity index (χ4v) is 3.11. The van der Waals surface area contributed by atoms with Crippen molar-refractivity contribution in [3.8, 4) is 0 Å². The largest absolute Gasteiger partial charge is 0.333 e. The highest BCUT2D eigenvalue weighted by Crippen LogP contribution is 2.18. The van der Waals surface area contributed by atoms with Gasteiger partial charge in [-0.15, -0.1) is 11.3 Å². The summed E-state index contributed by atoms with van der Waals surface area (Å²) in [6.45, 7) is 7.91.